The van der Waals surface area contributed by atoms with Crippen LogP contribution in [0.4, 0.5) is 0 Å². The molecular formula is C11H14N2. The van der Waals surface area contributed by atoms with Crippen LogP contribution in [-0.4, -0.2) is 11.5 Å². The first-order chi connectivity index (χ1) is 6.43. The fraction of sp³-hybridized carbons (Fsp3) is 0.545. The molecule has 1 aromatic rings. The van der Waals surface area contributed by atoms with Crippen molar-refractivity contribution in [2.45, 2.75) is 32.2 Å². The normalized spacial score (nSPS) is 19.7. The van der Waals surface area contributed by atoms with Crippen LogP contribution in [0, 0.1) is 0 Å². The Labute approximate surface area is 78.4 Å². The zero-order chi connectivity index (χ0) is 8.67. The summed E-state index contributed by atoms with van der Waals surface area (Å²) in [5, 5.41) is 3.39. The number of hydrogen-bond donors (Lipinski definition) is 1. The minimum absolute atomic E-state index is 1.02. The van der Waals surface area contributed by atoms with Crippen molar-refractivity contribution in [3.8, 4) is 0 Å². The molecule has 13 heavy (non-hydrogen) atoms. The molecule has 2 heteroatoms. The molecule has 0 atom stereocenters. The average Bonchev–Trinajstić information content (AvgIpc) is 2.61. The summed E-state index contributed by atoms with van der Waals surface area (Å²) in [5.74, 6) is 0. The molecule has 0 amide bonds. The summed E-state index contributed by atoms with van der Waals surface area (Å²) in [7, 11) is 0. The Balaban J connectivity index is 2.11. The van der Waals surface area contributed by atoms with E-state index >= 15 is 0 Å². The quantitative estimate of drug-likeness (QED) is 0.639. The van der Waals surface area contributed by atoms with E-state index in [4.69, 9.17) is 4.98 Å². The van der Waals surface area contributed by atoms with E-state index in [-0.39, 0.29) is 0 Å². The summed E-state index contributed by atoms with van der Waals surface area (Å²) in [5.41, 5.74) is 5.66. The van der Waals surface area contributed by atoms with Gasteiger partial charge in [-0.1, -0.05) is 6.07 Å². The maximum Gasteiger partial charge on any atom is 0.0464 e. The lowest BCUT2D eigenvalue weighted by molar-refractivity contribution is 0.627. The highest BCUT2D eigenvalue weighted by Crippen LogP contribution is 2.23. The maximum atomic E-state index is 4.75. The number of fused-ring (bicyclic) bond motifs is 2. The van der Waals surface area contributed by atoms with Gasteiger partial charge in [0.2, 0.25) is 0 Å². The van der Waals surface area contributed by atoms with E-state index in [9.17, 15) is 0 Å². The molecule has 1 aromatic heterocycles. The number of nitrogens with one attached hydrogen (secondary N) is 1. The third-order valence-electron chi connectivity index (χ3n) is 3.07. The van der Waals surface area contributed by atoms with Crippen LogP contribution < -0.4 is 5.32 Å². The van der Waals surface area contributed by atoms with Crippen molar-refractivity contribution < 1.29 is 0 Å². The van der Waals surface area contributed by atoms with Gasteiger partial charge in [0.15, 0.2) is 0 Å². The molecule has 2 aliphatic rings. The molecule has 0 aromatic carbocycles. The van der Waals surface area contributed by atoms with Crippen LogP contribution >= 0.6 is 0 Å². The molecule has 3 rings (SSSR count). The first-order valence-electron chi connectivity index (χ1n) is 5.15. The van der Waals surface area contributed by atoms with E-state index in [1.165, 1.54) is 41.8 Å². The Morgan fingerprint density at radius 3 is 3.00 bits per heavy atom. The molecule has 0 saturated heterocycles. The number of rotatable bonds is 0. The zero-order valence-electron chi connectivity index (χ0n) is 7.77. The van der Waals surface area contributed by atoms with Crippen LogP contribution in [0.25, 0.3) is 0 Å². The van der Waals surface area contributed by atoms with Gasteiger partial charge in [0.05, 0.1) is 0 Å². The Hall–Kier alpha value is -0.890. The van der Waals surface area contributed by atoms with Crippen molar-refractivity contribution in [3.63, 3.8) is 0 Å². The van der Waals surface area contributed by atoms with Crippen molar-refractivity contribution in [3.05, 3.63) is 28.6 Å². The molecule has 0 unspecified atom stereocenters. The summed E-state index contributed by atoms with van der Waals surface area (Å²) < 4.78 is 0. The fourth-order valence-corrected chi connectivity index (χ4v) is 2.36. The van der Waals surface area contributed by atoms with E-state index in [1.807, 2.05) is 0 Å². The molecule has 2 heterocycles. The van der Waals surface area contributed by atoms with Gasteiger partial charge in [0.25, 0.3) is 0 Å². The maximum absolute atomic E-state index is 4.75. The molecule has 0 saturated carbocycles. The average molecular weight is 174 g/mol. The summed E-state index contributed by atoms with van der Waals surface area (Å²) in [4.78, 5) is 4.75. The minimum Gasteiger partial charge on any atom is -0.312 e. The Kier molecular flexibility index (Phi) is 1.62. The monoisotopic (exact) mass is 174 g/mol. The van der Waals surface area contributed by atoms with Crippen molar-refractivity contribution in [2.24, 2.45) is 0 Å². The molecule has 0 radical (unpaired) electrons. The first-order valence-corrected chi connectivity index (χ1v) is 5.15. The van der Waals surface area contributed by atoms with Crippen molar-refractivity contribution in [2.75, 3.05) is 6.54 Å². The minimum atomic E-state index is 1.02. The number of hydrogen-bond acceptors (Lipinski definition) is 2. The molecule has 1 aliphatic carbocycles. The molecule has 1 N–H and O–H groups in total. The fourth-order valence-electron chi connectivity index (χ4n) is 2.36. The van der Waals surface area contributed by atoms with E-state index in [1.54, 1.807) is 0 Å². The lowest BCUT2D eigenvalue weighted by Gasteiger charge is -2.17. The van der Waals surface area contributed by atoms with E-state index < -0.39 is 0 Å². The van der Waals surface area contributed by atoms with Gasteiger partial charge in [-0.25, -0.2) is 0 Å². The lowest BCUT2D eigenvalue weighted by atomic mass is 10.0. The molecule has 0 bridgehead atoms. The number of nitrogens with zero attached hydrogens (tertiary/aromatic N) is 1. The Morgan fingerprint density at radius 1 is 1.08 bits per heavy atom. The highest BCUT2D eigenvalue weighted by molar-refractivity contribution is 5.34. The molecule has 68 valence electrons. The van der Waals surface area contributed by atoms with Crippen LogP contribution in [0.2, 0.25) is 0 Å². The molecule has 0 spiro atoms. The van der Waals surface area contributed by atoms with Crippen LogP contribution in [0.5, 0.6) is 0 Å². The van der Waals surface area contributed by atoms with Gasteiger partial charge < -0.3 is 5.32 Å². The Bertz CT molecular complexity index is 311. The lowest BCUT2D eigenvalue weighted by Crippen LogP contribution is -2.25. The van der Waals surface area contributed by atoms with Crippen molar-refractivity contribution in [1.82, 2.24) is 10.3 Å². The van der Waals surface area contributed by atoms with E-state index in [0.29, 0.717) is 0 Å². The van der Waals surface area contributed by atoms with Crippen molar-refractivity contribution in [1.29, 1.82) is 0 Å². The third kappa shape index (κ3) is 1.17. The van der Waals surface area contributed by atoms with Crippen LogP contribution in [0.1, 0.15) is 28.9 Å². The van der Waals surface area contributed by atoms with Gasteiger partial charge in [-0.2, -0.15) is 0 Å². The second-order valence-electron chi connectivity index (χ2n) is 3.98. The Morgan fingerprint density at radius 2 is 2.00 bits per heavy atom. The topological polar surface area (TPSA) is 24.9 Å². The molecule has 1 aliphatic heterocycles. The highest BCUT2D eigenvalue weighted by atomic mass is 14.9. The van der Waals surface area contributed by atoms with Crippen molar-refractivity contribution >= 4 is 0 Å². The largest absolute Gasteiger partial charge is 0.312 e. The summed E-state index contributed by atoms with van der Waals surface area (Å²) in [6.07, 6.45) is 4.87. The second kappa shape index (κ2) is 2.81. The first kappa shape index (κ1) is 7.51. The van der Waals surface area contributed by atoms with Crippen LogP contribution in [-0.2, 0) is 25.8 Å². The molecule has 0 fully saturated rings. The van der Waals surface area contributed by atoms with Gasteiger partial charge >= 0.3 is 0 Å². The molecule has 2 nitrogen and oxygen atoms in total. The number of aromatic nitrogens is 1. The van der Waals surface area contributed by atoms with Gasteiger partial charge in [-0.3, -0.25) is 4.98 Å². The predicted octanol–water partition coefficient (Wildman–Crippen LogP) is 1.22. The van der Waals surface area contributed by atoms with Crippen LogP contribution in [0.15, 0.2) is 6.07 Å². The highest BCUT2D eigenvalue weighted by Gasteiger charge is 2.17. The summed E-state index contributed by atoms with van der Waals surface area (Å²) >= 11 is 0. The third-order valence-corrected chi connectivity index (χ3v) is 3.07. The van der Waals surface area contributed by atoms with Gasteiger partial charge in [0, 0.05) is 30.9 Å². The SMILES string of the molecule is c1c2c(nc3c1CNCC3)CCC2. The zero-order valence-corrected chi connectivity index (χ0v) is 7.77. The number of aryl methyl sites for hydroxylation is 2. The van der Waals surface area contributed by atoms with Gasteiger partial charge in [-0.15, -0.1) is 0 Å². The number of pyridine rings is 1. The van der Waals surface area contributed by atoms with E-state index in [2.05, 4.69) is 11.4 Å². The second-order valence-corrected chi connectivity index (χ2v) is 3.98. The van der Waals surface area contributed by atoms with Gasteiger partial charge in [0.1, 0.15) is 0 Å². The van der Waals surface area contributed by atoms with Crippen LogP contribution in [0.3, 0.4) is 0 Å². The molecular weight excluding hydrogens is 160 g/mol. The standard InChI is InChI=1S/C11H14N2/c1-2-8-6-9-7-12-5-4-11(9)13-10(8)3-1/h6,12H,1-5,7H2. The summed E-state index contributed by atoms with van der Waals surface area (Å²) in [6.45, 7) is 2.12. The smallest absolute Gasteiger partial charge is 0.0464 e. The van der Waals surface area contributed by atoms with E-state index in [0.717, 1.165) is 19.5 Å². The summed E-state index contributed by atoms with van der Waals surface area (Å²) in [6, 6.07) is 2.37. The predicted molar refractivity (Wildman–Crippen MR) is 51.7 cm³/mol. The van der Waals surface area contributed by atoms with Gasteiger partial charge in [-0.05, 0) is 30.4 Å².